The first-order valence-corrected chi connectivity index (χ1v) is 6.29. The highest BCUT2D eigenvalue weighted by Gasteiger charge is 2.11. The quantitative estimate of drug-likeness (QED) is 0.869. The van der Waals surface area contributed by atoms with Crippen LogP contribution in [0.3, 0.4) is 0 Å². The Labute approximate surface area is 107 Å². The first-order chi connectivity index (χ1) is 8.58. The van der Waals surface area contributed by atoms with Gasteiger partial charge < -0.3 is 10.3 Å². The largest absolute Gasteiger partial charge is 0.352 e. The van der Waals surface area contributed by atoms with E-state index in [9.17, 15) is 4.79 Å². The fourth-order valence-corrected chi connectivity index (χ4v) is 1.67. The van der Waals surface area contributed by atoms with Gasteiger partial charge in [0.1, 0.15) is 0 Å². The Morgan fingerprint density at radius 3 is 2.89 bits per heavy atom. The van der Waals surface area contributed by atoms with Gasteiger partial charge in [-0.05, 0) is 30.0 Å². The van der Waals surface area contributed by atoms with Crippen LogP contribution in [0, 0.1) is 11.8 Å². The lowest BCUT2D eigenvalue weighted by Gasteiger charge is -2.16. The molecule has 0 spiro atoms. The number of carbonyl (C=O) groups excluding carboxylic acids is 1. The van der Waals surface area contributed by atoms with Gasteiger partial charge >= 0.3 is 0 Å². The first-order valence-electron chi connectivity index (χ1n) is 6.29. The molecule has 4 nitrogen and oxygen atoms in total. The minimum atomic E-state index is -0.0287. The minimum Gasteiger partial charge on any atom is -0.352 e. The smallest absolute Gasteiger partial charge is 0.251 e. The highest BCUT2D eigenvalue weighted by molar-refractivity contribution is 5.97. The Balaban J connectivity index is 2.04. The van der Waals surface area contributed by atoms with E-state index in [0.29, 0.717) is 23.9 Å². The summed E-state index contributed by atoms with van der Waals surface area (Å²) in [4.78, 5) is 19.1. The maximum atomic E-state index is 12.0. The van der Waals surface area contributed by atoms with Crippen LogP contribution in [0.15, 0.2) is 24.5 Å². The number of amides is 1. The lowest BCUT2D eigenvalue weighted by Crippen LogP contribution is -2.30. The number of aromatic nitrogens is 2. The molecule has 0 aliphatic heterocycles. The van der Waals surface area contributed by atoms with Gasteiger partial charge in [-0.15, -0.1) is 0 Å². The number of nitrogens with one attached hydrogen (secondary N) is 2. The van der Waals surface area contributed by atoms with Crippen LogP contribution in [0.2, 0.25) is 0 Å². The van der Waals surface area contributed by atoms with Gasteiger partial charge in [0.2, 0.25) is 0 Å². The van der Waals surface area contributed by atoms with Crippen LogP contribution in [0.5, 0.6) is 0 Å². The molecule has 1 unspecified atom stereocenters. The maximum Gasteiger partial charge on any atom is 0.251 e. The predicted molar refractivity (Wildman–Crippen MR) is 72.4 cm³/mol. The van der Waals surface area contributed by atoms with E-state index < -0.39 is 0 Å². The molecule has 1 heterocycles. The number of rotatable bonds is 4. The molecule has 0 bridgehead atoms. The number of fused-ring (bicyclic) bond motifs is 1. The van der Waals surface area contributed by atoms with Crippen molar-refractivity contribution < 1.29 is 4.79 Å². The topological polar surface area (TPSA) is 57.8 Å². The molecule has 1 aromatic heterocycles. The van der Waals surface area contributed by atoms with Gasteiger partial charge in [0.15, 0.2) is 0 Å². The summed E-state index contributed by atoms with van der Waals surface area (Å²) in [6.07, 6.45) is 1.63. The summed E-state index contributed by atoms with van der Waals surface area (Å²) in [6, 6.07) is 5.49. The molecule has 2 aromatic rings. The van der Waals surface area contributed by atoms with Crippen LogP contribution in [0.1, 0.15) is 31.1 Å². The number of aromatic amines is 1. The van der Waals surface area contributed by atoms with Crippen LogP contribution in [-0.2, 0) is 0 Å². The molecular formula is C14H19N3O. The molecule has 4 heteroatoms. The van der Waals surface area contributed by atoms with Crippen LogP contribution in [-0.4, -0.2) is 22.4 Å². The monoisotopic (exact) mass is 245 g/mol. The molecule has 0 saturated heterocycles. The van der Waals surface area contributed by atoms with Crippen molar-refractivity contribution >= 4 is 16.9 Å². The van der Waals surface area contributed by atoms with Crippen molar-refractivity contribution in [2.75, 3.05) is 6.54 Å². The van der Waals surface area contributed by atoms with Crippen LogP contribution in [0.25, 0.3) is 11.0 Å². The molecule has 0 fully saturated rings. The van der Waals surface area contributed by atoms with Gasteiger partial charge in [0, 0.05) is 12.1 Å². The third-order valence-electron chi connectivity index (χ3n) is 3.41. The van der Waals surface area contributed by atoms with Crippen molar-refractivity contribution in [2.45, 2.75) is 20.8 Å². The zero-order valence-corrected chi connectivity index (χ0v) is 11.0. The molecule has 2 rings (SSSR count). The van der Waals surface area contributed by atoms with Crippen molar-refractivity contribution in [3.05, 3.63) is 30.1 Å². The highest BCUT2D eigenvalue weighted by Crippen LogP contribution is 2.12. The van der Waals surface area contributed by atoms with Gasteiger partial charge in [-0.25, -0.2) is 4.98 Å². The van der Waals surface area contributed by atoms with Crippen molar-refractivity contribution in [1.82, 2.24) is 15.3 Å². The molecule has 0 aliphatic carbocycles. The second-order valence-electron chi connectivity index (χ2n) is 5.07. The third-order valence-corrected chi connectivity index (χ3v) is 3.41. The molecule has 2 N–H and O–H groups in total. The van der Waals surface area contributed by atoms with Gasteiger partial charge in [-0.3, -0.25) is 4.79 Å². The van der Waals surface area contributed by atoms with Crippen LogP contribution >= 0.6 is 0 Å². The number of H-pyrrole nitrogens is 1. The molecule has 1 amide bonds. The van der Waals surface area contributed by atoms with E-state index in [2.05, 4.69) is 36.1 Å². The number of hydrogen-bond donors (Lipinski definition) is 2. The first kappa shape index (κ1) is 12.6. The highest BCUT2D eigenvalue weighted by atomic mass is 16.1. The summed E-state index contributed by atoms with van der Waals surface area (Å²) in [5.74, 6) is 1.02. The Kier molecular flexibility index (Phi) is 3.65. The number of imidazole rings is 1. The Morgan fingerprint density at radius 2 is 2.17 bits per heavy atom. The van der Waals surface area contributed by atoms with Crippen LogP contribution in [0.4, 0.5) is 0 Å². The SMILES string of the molecule is CC(C)C(C)CNC(=O)c1ccc2nc[nH]c2c1. The second-order valence-corrected chi connectivity index (χ2v) is 5.07. The van der Waals surface area contributed by atoms with E-state index in [0.717, 1.165) is 11.0 Å². The molecule has 96 valence electrons. The minimum absolute atomic E-state index is 0.0287. The standard InChI is InChI=1S/C14H19N3O/c1-9(2)10(3)7-15-14(18)11-4-5-12-13(6-11)17-8-16-12/h4-6,8-10H,7H2,1-3H3,(H,15,18)(H,16,17). The lowest BCUT2D eigenvalue weighted by molar-refractivity contribution is 0.0945. The second kappa shape index (κ2) is 5.21. The van der Waals surface area contributed by atoms with Crippen molar-refractivity contribution in [1.29, 1.82) is 0 Å². The zero-order valence-electron chi connectivity index (χ0n) is 11.0. The van der Waals surface area contributed by atoms with Crippen molar-refractivity contribution in [2.24, 2.45) is 11.8 Å². The van der Waals surface area contributed by atoms with Gasteiger partial charge in [0.05, 0.1) is 17.4 Å². The zero-order chi connectivity index (χ0) is 13.1. The molecule has 1 atom stereocenters. The fraction of sp³-hybridized carbons (Fsp3) is 0.429. The van der Waals surface area contributed by atoms with Crippen LogP contribution < -0.4 is 5.32 Å². The fourth-order valence-electron chi connectivity index (χ4n) is 1.67. The summed E-state index contributed by atoms with van der Waals surface area (Å²) in [6.45, 7) is 7.17. The van der Waals surface area contributed by atoms with E-state index in [-0.39, 0.29) is 5.91 Å². The number of benzene rings is 1. The van der Waals surface area contributed by atoms with E-state index >= 15 is 0 Å². The third kappa shape index (κ3) is 2.70. The molecule has 18 heavy (non-hydrogen) atoms. The van der Waals surface area contributed by atoms with Gasteiger partial charge in [-0.2, -0.15) is 0 Å². The van der Waals surface area contributed by atoms with E-state index in [1.807, 2.05) is 12.1 Å². The maximum absolute atomic E-state index is 12.0. The van der Waals surface area contributed by atoms with Crippen molar-refractivity contribution in [3.8, 4) is 0 Å². The van der Waals surface area contributed by atoms with E-state index in [1.165, 1.54) is 0 Å². The molecular weight excluding hydrogens is 226 g/mol. The number of hydrogen-bond acceptors (Lipinski definition) is 2. The number of nitrogens with zero attached hydrogens (tertiary/aromatic N) is 1. The average molecular weight is 245 g/mol. The summed E-state index contributed by atoms with van der Waals surface area (Å²) >= 11 is 0. The van der Waals surface area contributed by atoms with Gasteiger partial charge in [-0.1, -0.05) is 20.8 Å². The van der Waals surface area contributed by atoms with Crippen molar-refractivity contribution in [3.63, 3.8) is 0 Å². The summed E-state index contributed by atoms with van der Waals surface area (Å²) in [5.41, 5.74) is 2.43. The summed E-state index contributed by atoms with van der Waals surface area (Å²) in [5, 5.41) is 2.96. The summed E-state index contributed by atoms with van der Waals surface area (Å²) < 4.78 is 0. The predicted octanol–water partition coefficient (Wildman–Crippen LogP) is 2.58. The molecule has 0 radical (unpaired) electrons. The number of carbonyl (C=O) groups is 1. The average Bonchev–Trinajstić information content (AvgIpc) is 2.82. The van der Waals surface area contributed by atoms with Gasteiger partial charge in [0.25, 0.3) is 5.91 Å². The molecule has 0 aliphatic rings. The molecule has 0 saturated carbocycles. The Bertz CT molecular complexity index is 545. The molecule has 1 aromatic carbocycles. The normalized spacial score (nSPS) is 12.9. The Hall–Kier alpha value is -1.84. The lowest BCUT2D eigenvalue weighted by atomic mass is 9.98. The van der Waals surface area contributed by atoms with E-state index in [4.69, 9.17) is 0 Å². The Morgan fingerprint density at radius 1 is 1.39 bits per heavy atom. The van der Waals surface area contributed by atoms with E-state index in [1.54, 1.807) is 12.4 Å². The summed E-state index contributed by atoms with van der Waals surface area (Å²) in [7, 11) is 0.